The van der Waals surface area contributed by atoms with Crippen molar-refractivity contribution in [1.29, 1.82) is 5.26 Å². The zero-order valence-corrected chi connectivity index (χ0v) is 11.0. The summed E-state index contributed by atoms with van der Waals surface area (Å²) < 4.78 is 5.46. The molecule has 4 nitrogen and oxygen atoms in total. The fraction of sp³-hybridized carbons (Fsp3) is 0.188. The molecule has 0 heterocycles. The van der Waals surface area contributed by atoms with Gasteiger partial charge in [0.05, 0.1) is 11.6 Å². The lowest BCUT2D eigenvalue weighted by Crippen LogP contribution is -2.26. The highest BCUT2D eigenvalue weighted by Gasteiger charge is 2.05. The number of hydrogen-bond acceptors (Lipinski definition) is 4. The van der Waals surface area contributed by atoms with Gasteiger partial charge in [-0.1, -0.05) is 24.3 Å². The molecule has 0 radical (unpaired) electrons. The predicted octanol–water partition coefficient (Wildman–Crippen LogP) is 2.41. The first-order valence-corrected chi connectivity index (χ1v) is 6.38. The number of rotatable bonds is 6. The number of nitriles is 1. The van der Waals surface area contributed by atoms with Crippen LogP contribution in [-0.2, 0) is 0 Å². The normalized spacial score (nSPS) is 11.4. The van der Waals surface area contributed by atoms with E-state index in [0.717, 1.165) is 11.4 Å². The van der Waals surface area contributed by atoms with Crippen molar-refractivity contribution in [3.8, 4) is 11.8 Å². The molecule has 2 rings (SSSR count). The minimum atomic E-state index is -0.624. The van der Waals surface area contributed by atoms with Crippen LogP contribution in [0.1, 0.15) is 5.56 Å². The van der Waals surface area contributed by atoms with Crippen molar-refractivity contribution in [2.75, 3.05) is 18.5 Å². The Morgan fingerprint density at radius 2 is 1.95 bits per heavy atom. The number of aliphatic hydroxyl groups excluding tert-OH is 1. The Kier molecular flexibility index (Phi) is 4.99. The summed E-state index contributed by atoms with van der Waals surface area (Å²) in [4.78, 5) is 0. The highest BCUT2D eigenvalue weighted by atomic mass is 16.5. The van der Waals surface area contributed by atoms with E-state index in [0.29, 0.717) is 12.1 Å². The lowest BCUT2D eigenvalue weighted by Gasteiger charge is -2.14. The largest absolute Gasteiger partial charge is 0.491 e. The molecule has 2 aromatic rings. The highest BCUT2D eigenvalue weighted by molar-refractivity contribution is 5.49. The van der Waals surface area contributed by atoms with Crippen molar-refractivity contribution >= 4 is 5.69 Å². The SMILES string of the molecule is N#Cc1cccc(NCC(O)COc2ccccc2)c1. The molecule has 0 amide bonds. The summed E-state index contributed by atoms with van der Waals surface area (Å²) in [5, 5.41) is 21.7. The van der Waals surface area contributed by atoms with Gasteiger partial charge in [-0.25, -0.2) is 0 Å². The second kappa shape index (κ2) is 7.17. The quantitative estimate of drug-likeness (QED) is 0.844. The fourth-order valence-electron chi connectivity index (χ4n) is 1.70. The van der Waals surface area contributed by atoms with Crippen LogP contribution in [-0.4, -0.2) is 24.4 Å². The molecule has 2 aromatic carbocycles. The second-order valence-electron chi connectivity index (χ2n) is 4.35. The number of benzene rings is 2. The molecule has 0 aliphatic rings. The molecule has 0 aliphatic carbocycles. The van der Waals surface area contributed by atoms with E-state index >= 15 is 0 Å². The Bertz CT molecular complexity index is 579. The molecule has 0 saturated heterocycles. The van der Waals surface area contributed by atoms with Gasteiger partial charge in [0.1, 0.15) is 18.5 Å². The first kappa shape index (κ1) is 13.9. The third kappa shape index (κ3) is 4.30. The van der Waals surface area contributed by atoms with Crippen LogP contribution in [0.3, 0.4) is 0 Å². The van der Waals surface area contributed by atoms with E-state index < -0.39 is 6.10 Å². The molecule has 0 aliphatic heterocycles. The number of ether oxygens (including phenoxy) is 1. The van der Waals surface area contributed by atoms with Crippen LogP contribution in [0.25, 0.3) is 0 Å². The lowest BCUT2D eigenvalue weighted by molar-refractivity contribution is 0.117. The summed E-state index contributed by atoms with van der Waals surface area (Å²) in [6.45, 7) is 0.580. The molecule has 4 heteroatoms. The minimum Gasteiger partial charge on any atom is -0.491 e. The smallest absolute Gasteiger partial charge is 0.119 e. The van der Waals surface area contributed by atoms with Gasteiger partial charge in [-0.05, 0) is 30.3 Å². The standard InChI is InChI=1S/C16H16N2O2/c17-10-13-5-4-6-14(9-13)18-11-15(19)12-20-16-7-2-1-3-8-16/h1-9,15,18-19H,11-12H2. The zero-order valence-electron chi connectivity index (χ0n) is 11.0. The molecule has 0 bridgehead atoms. The van der Waals surface area contributed by atoms with Crippen molar-refractivity contribution < 1.29 is 9.84 Å². The highest BCUT2D eigenvalue weighted by Crippen LogP contribution is 2.11. The molecule has 2 N–H and O–H groups in total. The Hall–Kier alpha value is -2.51. The third-order valence-corrected chi connectivity index (χ3v) is 2.72. The number of hydrogen-bond donors (Lipinski definition) is 2. The number of nitrogens with one attached hydrogen (secondary N) is 1. The van der Waals surface area contributed by atoms with E-state index in [1.807, 2.05) is 36.4 Å². The van der Waals surface area contributed by atoms with E-state index in [9.17, 15) is 5.11 Å². The van der Waals surface area contributed by atoms with Gasteiger partial charge in [-0.3, -0.25) is 0 Å². The maximum atomic E-state index is 9.85. The maximum Gasteiger partial charge on any atom is 0.119 e. The summed E-state index contributed by atoms with van der Waals surface area (Å²) in [6.07, 6.45) is -0.624. The van der Waals surface area contributed by atoms with Crippen LogP contribution >= 0.6 is 0 Å². The molecule has 0 saturated carbocycles. The summed E-state index contributed by atoms with van der Waals surface area (Å²) in [5.41, 5.74) is 1.40. The van der Waals surface area contributed by atoms with Crippen LogP contribution in [0.2, 0.25) is 0 Å². The van der Waals surface area contributed by atoms with E-state index in [-0.39, 0.29) is 6.61 Å². The van der Waals surface area contributed by atoms with E-state index in [2.05, 4.69) is 11.4 Å². The van der Waals surface area contributed by atoms with Gasteiger partial charge >= 0.3 is 0 Å². The Morgan fingerprint density at radius 3 is 2.70 bits per heavy atom. The molecule has 20 heavy (non-hydrogen) atoms. The zero-order chi connectivity index (χ0) is 14.2. The van der Waals surface area contributed by atoms with Gasteiger partial charge in [0.15, 0.2) is 0 Å². The number of anilines is 1. The molecule has 0 spiro atoms. The van der Waals surface area contributed by atoms with Gasteiger partial charge in [0, 0.05) is 12.2 Å². The van der Waals surface area contributed by atoms with E-state index in [4.69, 9.17) is 10.00 Å². The number of para-hydroxylation sites is 1. The van der Waals surface area contributed by atoms with Gasteiger partial charge in [0.25, 0.3) is 0 Å². The molecule has 1 atom stereocenters. The van der Waals surface area contributed by atoms with Crippen LogP contribution < -0.4 is 10.1 Å². The molecule has 1 unspecified atom stereocenters. The summed E-state index contributed by atoms with van der Waals surface area (Å²) in [7, 11) is 0. The number of nitrogens with zero attached hydrogens (tertiary/aromatic N) is 1. The first-order valence-electron chi connectivity index (χ1n) is 6.38. The lowest BCUT2D eigenvalue weighted by atomic mass is 10.2. The van der Waals surface area contributed by atoms with Gasteiger partial charge in [-0.15, -0.1) is 0 Å². The average Bonchev–Trinajstić information content (AvgIpc) is 2.52. The molecular formula is C16H16N2O2. The van der Waals surface area contributed by atoms with Gasteiger partial charge in [-0.2, -0.15) is 5.26 Å². The van der Waals surface area contributed by atoms with Crippen LogP contribution in [0.5, 0.6) is 5.75 Å². The molecule has 0 fully saturated rings. The Balaban J connectivity index is 1.77. The van der Waals surface area contributed by atoms with Crippen LogP contribution in [0.4, 0.5) is 5.69 Å². The van der Waals surface area contributed by atoms with Crippen LogP contribution in [0, 0.1) is 11.3 Å². The van der Waals surface area contributed by atoms with Crippen molar-refractivity contribution in [3.63, 3.8) is 0 Å². The topological polar surface area (TPSA) is 65.3 Å². The van der Waals surface area contributed by atoms with Crippen molar-refractivity contribution in [2.24, 2.45) is 0 Å². The minimum absolute atomic E-state index is 0.217. The van der Waals surface area contributed by atoms with Gasteiger partial charge < -0.3 is 15.2 Å². The maximum absolute atomic E-state index is 9.85. The predicted molar refractivity (Wildman–Crippen MR) is 77.6 cm³/mol. The van der Waals surface area contributed by atoms with Gasteiger partial charge in [0.2, 0.25) is 0 Å². The van der Waals surface area contributed by atoms with E-state index in [1.54, 1.807) is 18.2 Å². The average molecular weight is 268 g/mol. The Morgan fingerprint density at radius 1 is 1.15 bits per heavy atom. The Labute approximate surface area is 118 Å². The molecule has 102 valence electrons. The van der Waals surface area contributed by atoms with E-state index in [1.165, 1.54) is 0 Å². The molecule has 0 aromatic heterocycles. The number of aliphatic hydroxyl groups is 1. The first-order chi connectivity index (χ1) is 9.78. The van der Waals surface area contributed by atoms with Crippen LogP contribution in [0.15, 0.2) is 54.6 Å². The second-order valence-corrected chi connectivity index (χ2v) is 4.35. The summed E-state index contributed by atoms with van der Waals surface area (Å²) in [5.74, 6) is 0.734. The fourth-order valence-corrected chi connectivity index (χ4v) is 1.70. The summed E-state index contributed by atoms with van der Waals surface area (Å²) in [6, 6.07) is 18.6. The summed E-state index contributed by atoms with van der Waals surface area (Å²) >= 11 is 0. The van der Waals surface area contributed by atoms with Crippen molar-refractivity contribution in [2.45, 2.75) is 6.10 Å². The monoisotopic (exact) mass is 268 g/mol. The third-order valence-electron chi connectivity index (χ3n) is 2.72. The van der Waals surface area contributed by atoms with Crippen molar-refractivity contribution in [3.05, 3.63) is 60.2 Å². The van der Waals surface area contributed by atoms with Crippen molar-refractivity contribution in [1.82, 2.24) is 0 Å². The molecular weight excluding hydrogens is 252 g/mol.